The van der Waals surface area contributed by atoms with Gasteiger partial charge in [-0.15, -0.1) is 0 Å². The molecule has 1 aromatic carbocycles. The smallest absolute Gasteiger partial charge is 0.339 e. The number of hydrogen-bond acceptors (Lipinski definition) is 3. The number of carbonyl (C=O) groups excluding carboxylic acids is 1. The van der Waals surface area contributed by atoms with Crippen molar-refractivity contribution in [2.45, 2.75) is 13.8 Å². The van der Waals surface area contributed by atoms with Crippen LogP contribution in [-0.2, 0) is 4.79 Å². The van der Waals surface area contributed by atoms with Gasteiger partial charge in [0.15, 0.2) is 0 Å². The van der Waals surface area contributed by atoms with Gasteiger partial charge in [0.25, 0.3) is 0 Å². The van der Waals surface area contributed by atoms with Crippen molar-refractivity contribution in [2.75, 3.05) is 0 Å². The van der Waals surface area contributed by atoms with Crippen LogP contribution < -0.4 is 4.74 Å². The van der Waals surface area contributed by atoms with Crippen molar-refractivity contribution in [2.24, 2.45) is 0 Å². The van der Waals surface area contributed by atoms with Gasteiger partial charge in [0.05, 0.1) is 0 Å². The minimum Gasteiger partial charge on any atom is -0.478 e. The standard InChI is InChI=1S/C12H12O4/c1-7(2)12(15)16-9-6-4-5-8(3)10(9)11(13)14/h4-6H,1H2,2-3H3,(H,13,14). The molecule has 0 aromatic heterocycles. The molecule has 0 atom stereocenters. The SMILES string of the molecule is C=C(C)C(=O)Oc1cccc(C)c1C(=O)O. The largest absolute Gasteiger partial charge is 0.478 e. The lowest BCUT2D eigenvalue weighted by molar-refractivity contribution is -0.130. The summed E-state index contributed by atoms with van der Waals surface area (Å²) in [7, 11) is 0. The molecule has 0 amide bonds. The number of rotatable bonds is 3. The van der Waals surface area contributed by atoms with Gasteiger partial charge in [-0.1, -0.05) is 18.7 Å². The van der Waals surface area contributed by atoms with Gasteiger partial charge in [-0.25, -0.2) is 9.59 Å². The molecular weight excluding hydrogens is 208 g/mol. The minimum atomic E-state index is -1.12. The first-order valence-corrected chi connectivity index (χ1v) is 4.64. The summed E-state index contributed by atoms with van der Waals surface area (Å²) in [4.78, 5) is 22.3. The summed E-state index contributed by atoms with van der Waals surface area (Å²) in [6.45, 7) is 6.57. The zero-order valence-electron chi connectivity index (χ0n) is 9.11. The number of carboxylic acids is 1. The first kappa shape index (κ1) is 12.0. The van der Waals surface area contributed by atoms with E-state index >= 15 is 0 Å². The van der Waals surface area contributed by atoms with E-state index in [0.29, 0.717) is 5.56 Å². The summed E-state index contributed by atoms with van der Waals surface area (Å²) in [5, 5.41) is 8.98. The first-order chi connectivity index (χ1) is 7.43. The van der Waals surface area contributed by atoms with Gasteiger partial charge < -0.3 is 9.84 Å². The van der Waals surface area contributed by atoms with Gasteiger partial charge in [0.1, 0.15) is 11.3 Å². The van der Waals surface area contributed by atoms with Crippen LogP contribution in [0.1, 0.15) is 22.8 Å². The van der Waals surface area contributed by atoms with Crippen LogP contribution >= 0.6 is 0 Å². The van der Waals surface area contributed by atoms with E-state index < -0.39 is 11.9 Å². The monoisotopic (exact) mass is 220 g/mol. The van der Waals surface area contributed by atoms with Gasteiger partial charge in [0.2, 0.25) is 0 Å². The highest BCUT2D eigenvalue weighted by molar-refractivity contribution is 5.95. The van der Waals surface area contributed by atoms with Crippen LogP contribution in [0, 0.1) is 6.92 Å². The van der Waals surface area contributed by atoms with E-state index in [1.807, 2.05) is 0 Å². The second-order valence-electron chi connectivity index (χ2n) is 3.42. The Labute approximate surface area is 93.2 Å². The molecule has 84 valence electrons. The number of hydrogen-bond donors (Lipinski definition) is 1. The molecule has 0 aliphatic rings. The highest BCUT2D eigenvalue weighted by Crippen LogP contribution is 2.22. The molecule has 16 heavy (non-hydrogen) atoms. The normalized spacial score (nSPS) is 9.62. The maximum atomic E-state index is 11.3. The number of aromatic carboxylic acids is 1. The number of esters is 1. The van der Waals surface area contributed by atoms with Crippen LogP contribution in [0.25, 0.3) is 0 Å². The molecular formula is C12H12O4. The highest BCUT2D eigenvalue weighted by Gasteiger charge is 2.16. The van der Waals surface area contributed by atoms with Crippen LogP contribution in [0.15, 0.2) is 30.4 Å². The van der Waals surface area contributed by atoms with Crippen molar-refractivity contribution in [1.82, 2.24) is 0 Å². The van der Waals surface area contributed by atoms with Crippen molar-refractivity contribution >= 4 is 11.9 Å². The summed E-state index contributed by atoms with van der Waals surface area (Å²) < 4.78 is 4.93. The van der Waals surface area contributed by atoms with Crippen LogP contribution in [0.2, 0.25) is 0 Å². The highest BCUT2D eigenvalue weighted by atomic mass is 16.5. The Hall–Kier alpha value is -2.10. The van der Waals surface area contributed by atoms with E-state index in [4.69, 9.17) is 9.84 Å². The number of ether oxygens (including phenoxy) is 1. The summed E-state index contributed by atoms with van der Waals surface area (Å²) in [5.41, 5.74) is 0.759. The molecule has 0 unspecified atom stereocenters. The Morgan fingerprint density at radius 3 is 2.50 bits per heavy atom. The van der Waals surface area contributed by atoms with Crippen molar-refractivity contribution in [3.8, 4) is 5.75 Å². The van der Waals surface area contributed by atoms with Gasteiger partial charge in [-0.05, 0) is 25.5 Å². The maximum absolute atomic E-state index is 11.3. The third-order valence-corrected chi connectivity index (χ3v) is 2.00. The molecule has 1 aromatic rings. The Morgan fingerprint density at radius 2 is 2.00 bits per heavy atom. The molecule has 0 saturated carbocycles. The second kappa shape index (κ2) is 4.61. The minimum absolute atomic E-state index is 0.00269. The van der Waals surface area contributed by atoms with Gasteiger partial charge in [0, 0.05) is 5.57 Å². The molecule has 4 nitrogen and oxygen atoms in total. The van der Waals surface area contributed by atoms with E-state index in [2.05, 4.69) is 6.58 Å². The molecule has 0 spiro atoms. The van der Waals surface area contributed by atoms with Crippen LogP contribution in [-0.4, -0.2) is 17.0 Å². The summed E-state index contributed by atoms with van der Waals surface area (Å²) in [5.74, 6) is -1.71. The lowest BCUT2D eigenvalue weighted by Gasteiger charge is -2.08. The molecule has 0 aliphatic carbocycles. The fraction of sp³-hybridized carbons (Fsp3) is 0.167. The first-order valence-electron chi connectivity index (χ1n) is 4.64. The Bertz CT molecular complexity index is 460. The molecule has 0 bridgehead atoms. The van der Waals surface area contributed by atoms with E-state index in [9.17, 15) is 9.59 Å². The van der Waals surface area contributed by atoms with Gasteiger partial charge in [-0.3, -0.25) is 0 Å². The fourth-order valence-electron chi connectivity index (χ4n) is 1.19. The predicted octanol–water partition coefficient (Wildman–Crippen LogP) is 2.17. The molecule has 4 heteroatoms. The van der Waals surface area contributed by atoms with Crippen molar-refractivity contribution in [1.29, 1.82) is 0 Å². The lowest BCUT2D eigenvalue weighted by atomic mass is 10.1. The average Bonchev–Trinajstić information content (AvgIpc) is 2.16. The zero-order chi connectivity index (χ0) is 12.3. The van der Waals surface area contributed by atoms with E-state index in [0.717, 1.165) is 0 Å². The average molecular weight is 220 g/mol. The molecule has 0 aliphatic heterocycles. The van der Waals surface area contributed by atoms with Crippen molar-refractivity contribution < 1.29 is 19.4 Å². The van der Waals surface area contributed by atoms with Crippen LogP contribution in [0.4, 0.5) is 0 Å². The Morgan fingerprint density at radius 1 is 1.38 bits per heavy atom. The van der Waals surface area contributed by atoms with E-state index in [1.165, 1.54) is 13.0 Å². The summed E-state index contributed by atoms with van der Waals surface area (Å²) in [6, 6.07) is 4.71. The van der Waals surface area contributed by atoms with Crippen LogP contribution in [0.3, 0.4) is 0 Å². The maximum Gasteiger partial charge on any atom is 0.339 e. The van der Waals surface area contributed by atoms with E-state index in [1.54, 1.807) is 19.1 Å². The molecule has 0 radical (unpaired) electrons. The number of carbonyl (C=O) groups is 2. The summed E-state index contributed by atoms with van der Waals surface area (Å²) >= 11 is 0. The third-order valence-electron chi connectivity index (χ3n) is 2.00. The van der Waals surface area contributed by atoms with Crippen molar-refractivity contribution in [3.63, 3.8) is 0 Å². The molecule has 0 fully saturated rings. The summed E-state index contributed by atoms with van der Waals surface area (Å²) in [6.07, 6.45) is 0. The van der Waals surface area contributed by atoms with E-state index in [-0.39, 0.29) is 16.9 Å². The third kappa shape index (κ3) is 2.48. The molecule has 1 rings (SSSR count). The molecule has 0 heterocycles. The second-order valence-corrected chi connectivity index (χ2v) is 3.42. The Kier molecular flexibility index (Phi) is 3.45. The fourth-order valence-corrected chi connectivity index (χ4v) is 1.19. The van der Waals surface area contributed by atoms with Gasteiger partial charge >= 0.3 is 11.9 Å². The lowest BCUT2D eigenvalue weighted by Crippen LogP contribution is -2.12. The number of aryl methyl sites for hydroxylation is 1. The Balaban J connectivity index is 3.14. The van der Waals surface area contributed by atoms with Crippen LogP contribution in [0.5, 0.6) is 5.75 Å². The molecule has 1 N–H and O–H groups in total. The van der Waals surface area contributed by atoms with Crippen molar-refractivity contribution in [3.05, 3.63) is 41.5 Å². The van der Waals surface area contributed by atoms with Gasteiger partial charge in [-0.2, -0.15) is 0 Å². The molecule has 0 saturated heterocycles. The number of carboxylic acid groups (broad SMARTS) is 1. The quantitative estimate of drug-likeness (QED) is 0.481. The zero-order valence-corrected chi connectivity index (χ0v) is 9.11. The topological polar surface area (TPSA) is 63.6 Å². The predicted molar refractivity (Wildman–Crippen MR) is 58.6 cm³/mol. The number of benzene rings is 1.